The maximum atomic E-state index is 13.5. The van der Waals surface area contributed by atoms with E-state index in [1.165, 1.54) is 11.7 Å². The Labute approximate surface area is 132 Å². The number of nitrogens with zero attached hydrogens (tertiary/aromatic N) is 3. The van der Waals surface area contributed by atoms with Crippen molar-refractivity contribution in [1.29, 1.82) is 0 Å². The first-order valence-corrected chi connectivity index (χ1v) is 7.41. The van der Waals surface area contributed by atoms with Gasteiger partial charge in [-0.1, -0.05) is 0 Å². The van der Waals surface area contributed by atoms with Gasteiger partial charge in [0, 0.05) is 31.2 Å². The third-order valence-electron chi connectivity index (χ3n) is 3.31. The van der Waals surface area contributed by atoms with Gasteiger partial charge < -0.3 is 10.1 Å². The van der Waals surface area contributed by atoms with Crippen LogP contribution in [-0.4, -0.2) is 31.2 Å². The van der Waals surface area contributed by atoms with Crippen LogP contribution in [0.3, 0.4) is 0 Å². The lowest BCUT2D eigenvalue weighted by Crippen LogP contribution is -2.43. The smallest absolute Gasteiger partial charge is 0.369 e. The fourth-order valence-corrected chi connectivity index (χ4v) is 2.87. The Kier molecular flexibility index (Phi) is 3.90. The van der Waals surface area contributed by atoms with Gasteiger partial charge in [-0.2, -0.15) is 13.2 Å². The van der Waals surface area contributed by atoms with Gasteiger partial charge in [0.25, 0.3) is 5.60 Å². The normalized spacial score (nSPS) is 14.6. The molecule has 5 nitrogen and oxygen atoms in total. The molecule has 2 N–H and O–H groups in total. The van der Waals surface area contributed by atoms with Crippen molar-refractivity contribution in [2.45, 2.75) is 18.2 Å². The van der Waals surface area contributed by atoms with Crippen LogP contribution in [0.25, 0.3) is 0 Å². The van der Waals surface area contributed by atoms with Gasteiger partial charge in [-0.05, 0) is 17.7 Å². The van der Waals surface area contributed by atoms with Crippen LogP contribution in [0, 0.1) is 0 Å². The summed E-state index contributed by atoms with van der Waals surface area (Å²) in [4.78, 5) is 13.5. The van der Waals surface area contributed by atoms with Crippen LogP contribution in [0.5, 0.6) is 0 Å². The van der Waals surface area contributed by atoms with Crippen LogP contribution < -0.4 is 0 Å². The monoisotopic (exact) mass is 340 g/mol. The number of imidazole rings is 1. The molecule has 0 aliphatic rings. The molecule has 0 saturated carbocycles. The van der Waals surface area contributed by atoms with Crippen molar-refractivity contribution in [2.24, 2.45) is 0 Å². The lowest BCUT2D eigenvalue weighted by molar-refractivity contribution is -0.249. The fourth-order valence-electron chi connectivity index (χ4n) is 2.13. The van der Waals surface area contributed by atoms with Crippen molar-refractivity contribution < 1.29 is 18.3 Å². The summed E-state index contributed by atoms with van der Waals surface area (Å²) in [5, 5.41) is 10.3. The lowest BCUT2D eigenvalue weighted by Gasteiger charge is -2.26. The van der Waals surface area contributed by atoms with Gasteiger partial charge in [0.15, 0.2) is 5.82 Å². The molecule has 3 aromatic heterocycles. The molecule has 0 aliphatic heterocycles. The number of pyridine rings is 1. The van der Waals surface area contributed by atoms with E-state index in [0.717, 1.165) is 11.8 Å². The van der Waals surface area contributed by atoms with E-state index in [4.69, 9.17) is 0 Å². The highest BCUT2D eigenvalue weighted by atomic mass is 32.1. The number of halogens is 3. The minimum atomic E-state index is -4.93. The van der Waals surface area contributed by atoms with E-state index in [0.29, 0.717) is 23.5 Å². The SMILES string of the molecule is OC(c1nc(Cc2ccncc2)c[nH]1)(c1cncs1)C(F)(F)F. The molecule has 120 valence electrons. The zero-order valence-corrected chi connectivity index (χ0v) is 12.4. The predicted molar refractivity (Wildman–Crippen MR) is 76.8 cm³/mol. The van der Waals surface area contributed by atoms with Gasteiger partial charge in [-0.25, -0.2) is 4.98 Å². The number of aromatic nitrogens is 4. The number of hydrogen-bond donors (Lipinski definition) is 2. The van der Waals surface area contributed by atoms with Crippen LogP contribution in [0.15, 0.2) is 42.4 Å². The molecule has 0 fully saturated rings. The summed E-state index contributed by atoms with van der Waals surface area (Å²) in [5.74, 6) is -0.571. The summed E-state index contributed by atoms with van der Waals surface area (Å²) in [6.45, 7) is 0. The van der Waals surface area contributed by atoms with E-state index in [1.54, 1.807) is 24.5 Å². The highest BCUT2D eigenvalue weighted by Crippen LogP contribution is 2.44. The first-order chi connectivity index (χ1) is 10.9. The summed E-state index contributed by atoms with van der Waals surface area (Å²) >= 11 is 0.715. The Balaban J connectivity index is 1.96. The third kappa shape index (κ3) is 2.84. The molecule has 0 radical (unpaired) electrons. The standard InChI is InChI=1S/C14H11F3N4OS/c15-14(16,17)13(22,11-7-19-8-23-11)12-20-6-10(21-12)5-9-1-3-18-4-2-9/h1-4,6-8,22H,5H2,(H,20,21). The van der Waals surface area contributed by atoms with Gasteiger partial charge in [0.05, 0.1) is 16.1 Å². The average Bonchev–Trinajstić information content (AvgIpc) is 3.18. The number of hydrogen-bond acceptors (Lipinski definition) is 5. The zero-order valence-electron chi connectivity index (χ0n) is 11.6. The van der Waals surface area contributed by atoms with Crippen LogP contribution >= 0.6 is 11.3 Å². The highest BCUT2D eigenvalue weighted by Gasteiger charge is 2.59. The minimum absolute atomic E-state index is 0.329. The molecule has 3 heterocycles. The Hall–Kier alpha value is -2.26. The largest absolute Gasteiger partial charge is 0.429 e. The summed E-state index contributed by atoms with van der Waals surface area (Å²) in [6, 6.07) is 3.49. The topological polar surface area (TPSA) is 74.7 Å². The number of H-pyrrole nitrogens is 1. The van der Waals surface area contributed by atoms with Crippen LogP contribution in [0.2, 0.25) is 0 Å². The number of aromatic amines is 1. The number of thiazole rings is 1. The Morgan fingerprint density at radius 2 is 1.91 bits per heavy atom. The van der Waals surface area contributed by atoms with Gasteiger partial charge in [-0.15, -0.1) is 11.3 Å². The number of rotatable bonds is 4. The summed E-state index contributed by atoms with van der Waals surface area (Å²) in [7, 11) is 0. The average molecular weight is 340 g/mol. The molecule has 0 aromatic carbocycles. The Morgan fingerprint density at radius 1 is 1.17 bits per heavy atom. The molecule has 0 saturated heterocycles. The second-order valence-corrected chi connectivity index (χ2v) is 5.73. The van der Waals surface area contributed by atoms with Crippen LogP contribution in [-0.2, 0) is 12.0 Å². The second-order valence-electron chi connectivity index (χ2n) is 4.85. The highest BCUT2D eigenvalue weighted by molar-refractivity contribution is 7.09. The molecule has 0 spiro atoms. The maximum Gasteiger partial charge on any atom is 0.429 e. The molecule has 0 aliphatic carbocycles. The van der Waals surface area contributed by atoms with E-state index in [-0.39, 0.29) is 4.88 Å². The second kappa shape index (κ2) is 5.74. The van der Waals surface area contributed by atoms with Crippen LogP contribution in [0.4, 0.5) is 13.2 Å². The van der Waals surface area contributed by atoms with Crippen molar-refractivity contribution in [3.05, 3.63) is 64.4 Å². The first kappa shape index (κ1) is 15.6. The predicted octanol–water partition coefficient (Wildman–Crippen LogP) is 2.65. The molecule has 0 bridgehead atoms. The molecule has 3 rings (SSSR count). The summed E-state index contributed by atoms with van der Waals surface area (Å²) < 4.78 is 40.4. The molecular weight excluding hydrogens is 329 g/mol. The van der Waals surface area contributed by atoms with E-state index in [9.17, 15) is 18.3 Å². The van der Waals surface area contributed by atoms with Crippen LogP contribution in [0.1, 0.15) is 22.0 Å². The van der Waals surface area contributed by atoms with Gasteiger partial charge in [0.2, 0.25) is 0 Å². The minimum Gasteiger partial charge on any atom is -0.369 e. The molecular formula is C14H11F3N4OS. The number of nitrogens with one attached hydrogen (secondary N) is 1. The van der Waals surface area contributed by atoms with Gasteiger partial charge in [-0.3, -0.25) is 9.97 Å². The van der Waals surface area contributed by atoms with Gasteiger partial charge >= 0.3 is 6.18 Å². The number of alkyl halides is 3. The number of aliphatic hydroxyl groups is 1. The fraction of sp³-hybridized carbons (Fsp3) is 0.214. The van der Waals surface area contributed by atoms with Crippen molar-refractivity contribution in [1.82, 2.24) is 19.9 Å². The quantitative estimate of drug-likeness (QED) is 0.766. The zero-order chi connectivity index (χ0) is 16.5. The molecule has 1 atom stereocenters. The first-order valence-electron chi connectivity index (χ1n) is 6.53. The van der Waals surface area contributed by atoms with Crippen molar-refractivity contribution in [2.75, 3.05) is 0 Å². The third-order valence-corrected chi connectivity index (χ3v) is 4.19. The van der Waals surface area contributed by atoms with Crippen molar-refractivity contribution >= 4 is 11.3 Å². The van der Waals surface area contributed by atoms with E-state index >= 15 is 0 Å². The lowest BCUT2D eigenvalue weighted by atomic mass is 10.0. The molecule has 23 heavy (non-hydrogen) atoms. The van der Waals surface area contributed by atoms with E-state index in [1.807, 2.05) is 0 Å². The van der Waals surface area contributed by atoms with E-state index < -0.39 is 17.6 Å². The Morgan fingerprint density at radius 3 is 2.52 bits per heavy atom. The maximum absolute atomic E-state index is 13.5. The summed E-state index contributed by atoms with van der Waals surface area (Å²) in [5.41, 5.74) is -0.734. The summed E-state index contributed by atoms with van der Waals surface area (Å²) in [6.07, 6.45) is 0.927. The van der Waals surface area contributed by atoms with E-state index in [2.05, 4.69) is 19.9 Å². The van der Waals surface area contributed by atoms with Gasteiger partial charge in [0.1, 0.15) is 0 Å². The molecule has 9 heteroatoms. The Bertz CT molecular complexity index is 773. The van der Waals surface area contributed by atoms with Crippen molar-refractivity contribution in [3.63, 3.8) is 0 Å². The molecule has 3 aromatic rings. The van der Waals surface area contributed by atoms with Crippen molar-refractivity contribution in [3.8, 4) is 0 Å². The molecule has 0 amide bonds. The molecule has 1 unspecified atom stereocenters.